The van der Waals surface area contributed by atoms with Gasteiger partial charge in [0.2, 0.25) is 5.91 Å². The largest absolute Gasteiger partial charge is 0.444 e. The van der Waals surface area contributed by atoms with E-state index in [-0.39, 0.29) is 29.7 Å². The summed E-state index contributed by atoms with van der Waals surface area (Å²) in [5.74, 6) is 0.0598. The third kappa shape index (κ3) is 3.60. The van der Waals surface area contributed by atoms with E-state index >= 15 is 0 Å². The zero-order valence-corrected chi connectivity index (χ0v) is 17.8. The summed E-state index contributed by atoms with van der Waals surface area (Å²) in [7, 11) is 0. The fourth-order valence-corrected chi connectivity index (χ4v) is 4.36. The molecule has 0 aliphatic carbocycles. The molecule has 1 aromatic heterocycles. The number of nitrogens with zero attached hydrogens (tertiary/aromatic N) is 2. The first-order chi connectivity index (χ1) is 14.0. The summed E-state index contributed by atoms with van der Waals surface area (Å²) >= 11 is 3.26. The molecule has 2 unspecified atom stereocenters. The standard InChI is InChI=1S/C23H21BrN2O3/c1-15-14-20(26(16(2)27)17-8-4-3-5-9-17)18-10-6-7-11-19(18)25(15)23(28)21-12-13-22(24)29-21/h3-13,15,20H,14H2,1-2H3. The molecule has 0 saturated carbocycles. The predicted octanol–water partition coefficient (Wildman–Crippen LogP) is 5.58. The van der Waals surface area contributed by atoms with Crippen LogP contribution in [-0.4, -0.2) is 17.9 Å². The Kier molecular flexibility index (Phi) is 5.28. The summed E-state index contributed by atoms with van der Waals surface area (Å²) in [6.45, 7) is 3.58. The zero-order chi connectivity index (χ0) is 20.5. The summed E-state index contributed by atoms with van der Waals surface area (Å²) in [6.07, 6.45) is 0.624. The molecule has 0 saturated heterocycles. The maximum atomic E-state index is 13.2. The lowest BCUT2D eigenvalue weighted by Gasteiger charge is -2.43. The average molecular weight is 453 g/mol. The van der Waals surface area contributed by atoms with Crippen molar-refractivity contribution in [3.05, 3.63) is 82.7 Å². The monoisotopic (exact) mass is 452 g/mol. The molecule has 3 aromatic rings. The minimum absolute atomic E-state index is 0.0297. The van der Waals surface area contributed by atoms with Crippen molar-refractivity contribution in [2.24, 2.45) is 0 Å². The SMILES string of the molecule is CC(=O)N(c1ccccc1)C1CC(C)N(C(=O)c2ccc(Br)o2)c2ccccc21. The highest BCUT2D eigenvalue weighted by atomic mass is 79.9. The molecule has 0 fully saturated rings. The molecule has 148 valence electrons. The van der Waals surface area contributed by atoms with Gasteiger partial charge in [-0.2, -0.15) is 0 Å². The van der Waals surface area contributed by atoms with E-state index in [2.05, 4.69) is 15.9 Å². The van der Waals surface area contributed by atoms with Gasteiger partial charge in [0.05, 0.1) is 6.04 Å². The number of hydrogen-bond acceptors (Lipinski definition) is 3. The van der Waals surface area contributed by atoms with Gasteiger partial charge in [0.25, 0.3) is 5.91 Å². The van der Waals surface area contributed by atoms with Crippen molar-refractivity contribution in [1.82, 2.24) is 0 Å². The molecule has 2 heterocycles. The van der Waals surface area contributed by atoms with E-state index in [0.717, 1.165) is 16.9 Å². The van der Waals surface area contributed by atoms with Crippen molar-refractivity contribution in [3.63, 3.8) is 0 Å². The molecule has 2 atom stereocenters. The summed E-state index contributed by atoms with van der Waals surface area (Å²) in [4.78, 5) is 29.4. The average Bonchev–Trinajstić information content (AvgIpc) is 3.15. The molecule has 0 bridgehead atoms. The number of rotatable bonds is 3. The lowest BCUT2D eigenvalue weighted by Crippen LogP contribution is -2.47. The van der Waals surface area contributed by atoms with Crippen LogP contribution in [0.5, 0.6) is 0 Å². The highest BCUT2D eigenvalue weighted by Gasteiger charge is 2.38. The summed E-state index contributed by atoms with van der Waals surface area (Å²) in [5.41, 5.74) is 2.60. The highest BCUT2D eigenvalue weighted by Crippen LogP contribution is 2.42. The molecular weight excluding hydrogens is 432 g/mol. The molecule has 0 radical (unpaired) electrons. The van der Waals surface area contributed by atoms with E-state index in [1.807, 2.05) is 66.4 Å². The lowest BCUT2D eigenvalue weighted by atomic mass is 9.89. The van der Waals surface area contributed by atoms with Crippen molar-refractivity contribution >= 4 is 39.1 Å². The molecule has 29 heavy (non-hydrogen) atoms. The predicted molar refractivity (Wildman–Crippen MR) is 116 cm³/mol. The Balaban J connectivity index is 1.78. The molecular formula is C23H21BrN2O3. The fourth-order valence-electron chi connectivity index (χ4n) is 4.05. The van der Waals surface area contributed by atoms with Gasteiger partial charge >= 0.3 is 0 Å². The van der Waals surface area contributed by atoms with Crippen molar-refractivity contribution in [1.29, 1.82) is 0 Å². The van der Waals surface area contributed by atoms with Gasteiger partial charge in [-0.15, -0.1) is 0 Å². The second-order valence-corrected chi connectivity index (χ2v) is 7.94. The zero-order valence-electron chi connectivity index (χ0n) is 16.2. The van der Waals surface area contributed by atoms with E-state index < -0.39 is 0 Å². The maximum absolute atomic E-state index is 13.2. The van der Waals surface area contributed by atoms with Crippen LogP contribution in [-0.2, 0) is 4.79 Å². The van der Waals surface area contributed by atoms with Crippen molar-refractivity contribution in [3.8, 4) is 0 Å². The Morgan fingerprint density at radius 3 is 2.38 bits per heavy atom. The highest BCUT2D eigenvalue weighted by molar-refractivity contribution is 9.10. The summed E-state index contributed by atoms with van der Waals surface area (Å²) < 4.78 is 6.02. The van der Waals surface area contributed by atoms with Crippen LogP contribution in [0.3, 0.4) is 0 Å². The first-order valence-corrected chi connectivity index (χ1v) is 10.3. The van der Waals surface area contributed by atoms with Crippen LogP contribution < -0.4 is 9.80 Å². The molecule has 1 aliphatic rings. The van der Waals surface area contributed by atoms with E-state index in [1.165, 1.54) is 0 Å². The molecule has 1 aliphatic heterocycles. The van der Waals surface area contributed by atoms with Gasteiger partial charge in [-0.3, -0.25) is 9.59 Å². The Labute approximate surface area is 178 Å². The topological polar surface area (TPSA) is 53.8 Å². The number of amides is 2. The van der Waals surface area contributed by atoms with Crippen LogP contribution in [0.15, 0.2) is 75.8 Å². The number of carbonyl (C=O) groups is 2. The van der Waals surface area contributed by atoms with Crippen LogP contribution in [0.25, 0.3) is 0 Å². The Bertz CT molecular complexity index is 1050. The Morgan fingerprint density at radius 1 is 1.03 bits per heavy atom. The van der Waals surface area contributed by atoms with Crippen LogP contribution >= 0.6 is 15.9 Å². The quantitative estimate of drug-likeness (QED) is 0.521. The fraction of sp³-hybridized carbons (Fsp3) is 0.217. The molecule has 2 amide bonds. The van der Waals surface area contributed by atoms with Gasteiger partial charge in [-0.05, 0) is 65.2 Å². The van der Waals surface area contributed by atoms with Crippen molar-refractivity contribution in [2.45, 2.75) is 32.4 Å². The first-order valence-electron chi connectivity index (χ1n) is 9.50. The number of fused-ring (bicyclic) bond motifs is 1. The van der Waals surface area contributed by atoms with E-state index in [0.29, 0.717) is 11.1 Å². The second-order valence-electron chi connectivity index (χ2n) is 7.16. The maximum Gasteiger partial charge on any atom is 0.294 e. The van der Waals surface area contributed by atoms with Crippen LogP contribution in [0.4, 0.5) is 11.4 Å². The number of benzene rings is 2. The molecule has 2 aromatic carbocycles. The number of hydrogen-bond donors (Lipinski definition) is 0. The molecule has 4 rings (SSSR count). The van der Waals surface area contributed by atoms with Gasteiger partial charge in [0.15, 0.2) is 10.4 Å². The third-order valence-corrected chi connectivity index (χ3v) is 5.67. The van der Waals surface area contributed by atoms with Gasteiger partial charge in [-0.1, -0.05) is 36.4 Å². The second kappa shape index (κ2) is 7.87. The minimum atomic E-state index is -0.191. The number of halogens is 1. The number of furan rings is 1. The van der Waals surface area contributed by atoms with Crippen LogP contribution in [0, 0.1) is 0 Å². The summed E-state index contributed by atoms with van der Waals surface area (Å²) in [6, 6.07) is 20.5. The molecule has 0 spiro atoms. The Morgan fingerprint density at radius 2 is 1.72 bits per heavy atom. The van der Waals surface area contributed by atoms with Gasteiger partial charge < -0.3 is 14.2 Å². The van der Waals surface area contributed by atoms with Gasteiger partial charge in [0.1, 0.15) is 0 Å². The smallest absolute Gasteiger partial charge is 0.294 e. The van der Waals surface area contributed by atoms with E-state index in [1.54, 1.807) is 24.0 Å². The number of carbonyl (C=O) groups excluding carboxylic acids is 2. The first kappa shape index (κ1) is 19.5. The van der Waals surface area contributed by atoms with E-state index in [9.17, 15) is 9.59 Å². The minimum Gasteiger partial charge on any atom is -0.444 e. The van der Waals surface area contributed by atoms with Gasteiger partial charge in [0, 0.05) is 24.3 Å². The molecule has 0 N–H and O–H groups in total. The Hall–Kier alpha value is -2.86. The lowest BCUT2D eigenvalue weighted by molar-refractivity contribution is -0.117. The van der Waals surface area contributed by atoms with Crippen LogP contribution in [0.1, 0.15) is 42.4 Å². The number of anilines is 2. The third-order valence-electron chi connectivity index (χ3n) is 5.25. The normalized spacial score (nSPS) is 18.2. The molecule has 5 nitrogen and oxygen atoms in total. The summed E-state index contributed by atoms with van der Waals surface area (Å²) in [5, 5.41) is 0. The van der Waals surface area contributed by atoms with Crippen molar-refractivity contribution < 1.29 is 14.0 Å². The molecule has 6 heteroatoms. The van der Waals surface area contributed by atoms with Crippen molar-refractivity contribution in [2.75, 3.05) is 9.80 Å². The number of para-hydroxylation sites is 2. The van der Waals surface area contributed by atoms with Gasteiger partial charge in [-0.25, -0.2) is 0 Å². The van der Waals surface area contributed by atoms with Crippen LogP contribution in [0.2, 0.25) is 0 Å². The van der Waals surface area contributed by atoms with E-state index in [4.69, 9.17) is 4.42 Å².